The van der Waals surface area contributed by atoms with Crippen molar-refractivity contribution in [2.45, 2.75) is 70.9 Å². The minimum absolute atomic E-state index is 0.0172. The van der Waals surface area contributed by atoms with Gasteiger partial charge < -0.3 is 5.32 Å². The maximum absolute atomic E-state index is 12.8. The van der Waals surface area contributed by atoms with E-state index in [9.17, 15) is 4.79 Å². The number of fused-ring (bicyclic) bond motifs is 1. The third-order valence-electron chi connectivity index (χ3n) is 6.50. The molecule has 0 unspecified atom stereocenters. The van der Waals surface area contributed by atoms with Crippen molar-refractivity contribution in [3.8, 4) is 0 Å². The molecule has 0 radical (unpaired) electrons. The summed E-state index contributed by atoms with van der Waals surface area (Å²) in [5, 5.41) is 7.82. The Labute approximate surface area is 161 Å². The predicted molar refractivity (Wildman–Crippen MR) is 105 cm³/mol. The van der Waals surface area contributed by atoms with Crippen LogP contribution in [0.3, 0.4) is 0 Å². The van der Waals surface area contributed by atoms with Gasteiger partial charge in [0.15, 0.2) is 0 Å². The molecule has 1 amide bonds. The van der Waals surface area contributed by atoms with Crippen LogP contribution in [0.5, 0.6) is 0 Å². The first kappa shape index (κ1) is 18.2. The van der Waals surface area contributed by atoms with Crippen LogP contribution < -0.4 is 5.32 Å². The van der Waals surface area contributed by atoms with Gasteiger partial charge in [-0.15, -0.1) is 0 Å². The fourth-order valence-electron chi connectivity index (χ4n) is 5.35. The van der Waals surface area contributed by atoms with E-state index < -0.39 is 0 Å². The second kappa shape index (κ2) is 7.45. The monoisotopic (exact) mass is 366 g/mol. The van der Waals surface area contributed by atoms with Gasteiger partial charge in [-0.25, -0.2) is 9.67 Å². The first-order valence-electron chi connectivity index (χ1n) is 10.3. The zero-order chi connectivity index (χ0) is 19.0. The van der Waals surface area contributed by atoms with Gasteiger partial charge in [-0.3, -0.25) is 4.79 Å². The van der Waals surface area contributed by atoms with Gasteiger partial charge in [-0.1, -0.05) is 43.2 Å². The van der Waals surface area contributed by atoms with Crippen LogP contribution in [0.4, 0.5) is 0 Å². The van der Waals surface area contributed by atoms with Gasteiger partial charge in [0.05, 0.1) is 6.04 Å². The van der Waals surface area contributed by atoms with E-state index in [2.05, 4.69) is 45.7 Å². The van der Waals surface area contributed by atoms with Gasteiger partial charge in [0.25, 0.3) is 0 Å². The van der Waals surface area contributed by atoms with Crippen LogP contribution in [0.1, 0.15) is 68.2 Å². The van der Waals surface area contributed by atoms with Gasteiger partial charge in [-0.2, -0.15) is 5.10 Å². The molecular formula is C22H30N4O. The highest BCUT2D eigenvalue weighted by atomic mass is 16.1. The Morgan fingerprint density at radius 3 is 2.56 bits per heavy atom. The van der Waals surface area contributed by atoms with Gasteiger partial charge >= 0.3 is 0 Å². The standard InChI is InChI=1S/C22H30N4O/c1-14(26-16(3)23-15(2)25-26)13-20(27)24-22-19-12-8-7-11-18(19)21(22)17-9-5-4-6-10-17/h4-6,9-10,14,18-19,21-22H,7-8,11-13H2,1-3H3,(H,24,27)/t14-,18+,19+,21+,22+/m1/s1. The quantitative estimate of drug-likeness (QED) is 0.872. The summed E-state index contributed by atoms with van der Waals surface area (Å²) in [6, 6.07) is 11.0. The van der Waals surface area contributed by atoms with E-state index in [0.717, 1.165) is 17.6 Å². The van der Waals surface area contributed by atoms with E-state index in [1.165, 1.54) is 31.2 Å². The zero-order valence-electron chi connectivity index (χ0n) is 16.6. The summed E-state index contributed by atoms with van der Waals surface area (Å²) < 4.78 is 1.87. The first-order valence-corrected chi connectivity index (χ1v) is 10.3. The third kappa shape index (κ3) is 3.52. The highest BCUT2D eigenvalue weighted by Crippen LogP contribution is 2.54. The lowest BCUT2D eigenvalue weighted by atomic mass is 9.53. The summed E-state index contributed by atoms with van der Waals surface area (Å²) >= 11 is 0. The summed E-state index contributed by atoms with van der Waals surface area (Å²) in [5.74, 6) is 3.58. The van der Waals surface area contributed by atoms with Crippen molar-refractivity contribution in [3.63, 3.8) is 0 Å². The number of carbonyl (C=O) groups excluding carboxylic acids is 1. The summed E-state index contributed by atoms with van der Waals surface area (Å²) in [6.07, 6.45) is 5.61. The number of hydrogen-bond acceptors (Lipinski definition) is 3. The number of carbonyl (C=O) groups is 1. The Morgan fingerprint density at radius 1 is 1.19 bits per heavy atom. The van der Waals surface area contributed by atoms with Crippen molar-refractivity contribution in [3.05, 3.63) is 47.5 Å². The minimum atomic E-state index is 0.0172. The Morgan fingerprint density at radius 2 is 1.89 bits per heavy atom. The van der Waals surface area contributed by atoms with E-state index in [1.807, 2.05) is 25.5 Å². The van der Waals surface area contributed by atoms with Crippen LogP contribution in [0.2, 0.25) is 0 Å². The number of aryl methyl sites for hydroxylation is 2. The molecule has 2 aliphatic rings. The summed E-state index contributed by atoms with van der Waals surface area (Å²) in [5.41, 5.74) is 1.38. The fourth-order valence-corrected chi connectivity index (χ4v) is 5.35. The molecule has 2 aliphatic carbocycles. The number of nitrogens with one attached hydrogen (secondary N) is 1. The third-order valence-corrected chi connectivity index (χ3v) is 6.50. The topological polar surface area (TPSA) is 59.8 Å². The average Bonchev–Trinajstić information content (AvgIpc) is 2.99. The zero-order valence-corrected chi connectivity index (χ0v) is 16.6. The number of amides is 1. The van der Waals surface area contributed by atoms with Crippen LogP contribution in [0.15, 0.2) is 30.3 Å². The molecule has 0 bridgehead atoms. The van der Waals surface area contributed by atoms with Crippen LogP contribution in [0.25, 0.3) is 0 Å². The fraction of sp³-hybridized carbons (Fsp3) is 0.591. The predicted octanol–water partition coefficient (Wildman–Crippen LogP) is 3.93. The van der Waals surface area contributed by atoms with Crippen LogP contribution in [0, 0.1) is 25.7 Å². The molecule has 2 saturated carbocycles. The maximum atomic E-state index is 12.8. The lowest BCUT2D eigenvalue weighted by Crippen LogP contribution is -2.59. The van der Waals surface area contributed by atoms with E-state index in [0.29, 0.717) is 18.3 Å². The number of rotatable bonds is 5. The average molecular weight is 367 g/mol. The van der Waals surface area contributed by atoms with Crippen LogP contribution >= 0.6 is 0 Å². The molecule has 144 valence electrons. The van der Waals surface area contributed by atoms with Gasteiger partial charge in [0.2, 0.25) is 5.91 Å². The smallest absolute Gasteiger partial charge is 0.222 e. The van der Waals surface area contributed by atoms with Gasteiger partial charge in [0.1, 0.15) is 11.6 Å². The van der Waals surface area contributed by atoms with Crippen molar-refractivity contribution in [2.75, 3.05) is 0 Å². The number of nitrogens with zero attached hydrogens (tertiary/aromatic N) is 3. The largest absolute Gasteiger partial charge is 0.352 e. The molecule has 1 aromatic carbocycles. The lowest BCUT2D eigenvalue weighted by molar-refractivity contribution is -0.125. The Bertz CT molecular complexity index is 800. The highest BCUT2D eigenvalue weighted by molar-refractivity contribution is 5.77. The first-order chi connectivity index (χ1) is 13.0. The molecule has 0 saturated heterocycles. The van der Waals surface area contributed by atoms with E-state index in [4.69, 9.17) is 0 Å². The number of hydrogen-bond donors (Lipinski definition) is 1. The van der Waals surface area contributed by atoms with E-state index >= 15 is 0 Å². The molecule has 5 heteroatoms. The Balaban J connectivity index is 1.45. The molecule has 2 fully saturated rings. The summed E-state index contributed by atoms with van der Waals surface area (Å²) in [6.45, 7) is 5.87. The van der Waals surface area contributed by atoms with Crippen molar-refractivity contribution >= 4 is 5.91 Å². The van der Waals surface area contributed by atoms with Gasteiger partial charge in [-0.05, 0) is 51.0 Å². The maximum Gasteiger partial charge on any atom is 0.222 e. The minimum Gasteiger partial charge on any atom is -0.352 e. The molecule has 1 heterocycles. The van der Waals surface area contributed by atoms with Crippen molar-refractivity contribution in [1.82, 2.24) is 20.1 Å². The number of benzene rings is 1. The molecule has 4 rings (SSSR count). The highest BCUT2D eigenvalue weighted by Gasteiger charge is 2.51. The SMILES string of the molecule is Cc1nc(C)n([C@H](C)CC(=O)N[C@H]2[C@H]3CCCC[C@@H]3[C@@H]2c2ccccc2)n1. The molecular weight excluding hydrogens is 336 g/mol. The second-order valence-electron chi connectivity index (χ2n) is 8.35. The molecule has 0 spiro atoms. The van der Waals surface area contributed by atoms with Crippen LogP contribution in [-0.4, -0.2) is 26.7 Å². The summed E-state index contributed by atoms with van der Waals surface area (Å²) in [4.78, 5) is 17.2. The Kier molecular flexibility index (Phi) is 5.02. The second-order valence-corrected chi connectivity index (χ2v) is 8.35. The van der Waals surface area contributed by atoms with Crippen LogP contribution in [-0.2, 0) is 4.79 Å². The molecule has 5 nitrogen and oxygen atoms in total. The lowest BCUT2D eigenvalue weighted by Gasteiger charge is -2.55. The molecule has 27 heavy (non-hydrogen) atoms. The molecule has 1 N–H and O–H groups in total. The van der Waals surface area contributed by atoms with Gasteiger partial charge in [0, 0.05) is 18.4 Å². The summed E-state index contributed by atoms with van der Waals surface area (Å²) in [7, 11) is 0. The van der Waals surface area contributed by atoms with Crippen molar-refractivity contribution in [1.29, 1.82) is 0 Å². The van der Waals surface area contributed by atoms with Crippen molar-refractivity contribution in [2.24, 2.45) is 11.8 Å². The normalized spacial score (nSPS) is 28.1. The number of aromatic nitrogens is 3. The van der Waals surface area contributed by atoms with E-state index in [1.54, 1.807) is 0 Å². The Hall–Kier alpha value is -2.17. The van der Waals surface area contributed by atoms with Crippen molar-refractivity contribution < 1.29 is 4.79 Å². The molecule has 0 aliphatic heterocycles. The molecule has 5 atom stereocenters. The molecule has 1 aromatic heterocycles. The van der Waals surface area contributed by atoms with E-state index in [-0.39, 0.29) is 18.0 Å². The molecule has 2 aromatic rings.